The molecule has 5 nitrogen and oxygen atoms in total. The summed E-state index contributed by atoms with van der Waals surface area (Å²) >= 11 is 0. The maximum Gasteiger partial charge on any atom is 0.343 e. The third-order valence-electron chi connectivity index (χ3n) is 2.85. The SMILES string of the molecule is Cc1ccc(C)c(OC(=O)c2cc(O)c(O)c(O)c2)c1. The van der Waals surface area contributed by atoms with Gasteiger partial charge in [-0.2, -0.15) is 0 Å². The quantitative estimate of drug-likeness (QED) is 0.445. The molecule has 0 spiro atoms. The fraction of sp³-hybridized carbons (Fsp3) is 0.133. The third-order valence-corrected chi connectivity index (χ3v) is 2.85. The highest BCUT2D eigenvalue weighted by Crippen LogP contribution is 2.35. The average molecular weight is 274 g/mol. The second-order valence-electron chi connectivity index (χ2n) is 4.52. The number of hydrogen-bond acceptors (Lipinski definition) is 5. The normalized spacial score (nSPS) is 10.3. The number of phenols is 3. The van der Waals surface area contributed by atoms with Gasteiger partial charge in [0.1, 0.15) is 5.75 Å². The predicted molar refractivity (Wildman–Crippen MR) is 72.3 cm³/mol. The van der Waals surface area contributed by atoms with Crippen molar-refractivity contribution in [3.8, 4) is 23.0 Å². The topological polar surface area (TPSA) is 87.0 Å². The van der Waals surface area contributed by atoms with Gasteiger partial charge in [0.2, 0.25) is 0 Å². The monoisotopic (exact) mass is 274 g/mol. The standard InChI is InChI=1S/C15H14O5/c1-8-3-4-9(2)13(5-8)20-15(19)10-6-11(16)14(18)12(17)7-10/h3-7,16-18H,1-2H3. The number of hydrogen-bond donors (Lipinski definition) is 3. The third kappa shape index (κ3) is 2.66. The summed E-state index contributed by atoms with van der Waals surface area (Å²) in [5.74, 6) is -2.17. The van der Waals surface area contributed by atoms with Gasteiger partial charge < -0.3 is 20.1 Å². The van der Waals surface area contributed by atoms with Crippen molar-refractivity contribution in [2.24, 2.45) is 0 Å². The van der Waals surface area contributed by atoms with Crippen LogP contribution >= 0.6 is 0 Å². The van der Waals surface area contributed by atoms with Crippen LogP contribution in [0.3, 0.4) is 0 Å². The largest absolute Gasteiger partial charge is 0.504 e. The van der Waals surface area contributed by atoms with Crippen molar-refractivity contribution in [1.29, 1.82) is 0 Å². The number of aromatic hydroxyl groups is 3. The molecule has 0 aliphatic heterocycles. The van der Waals surface area contributed by atoms with Crippen molar-refractivity contribution >= 4 is 5.97 Å². The van der Waals surface area contributed by atoms with Crippen molar-refractivity contribution in [2.75, 3.05) is 0 Å². The summed E-state index contributed by atoms with van der Waals surface area (Å²) < 4.78 is 5.22. The number of aryl methyl sites for hydroxylation is 2. The first kappa shape index (κ1) is 13.7. The van der Waals surface area contributed by atoms with Crippen LogP contribution in [-0.4, -0.2) is 21.3 Å². The molecule has 0 bridgehead atoms. The second kappa shape index (κ2) is 5.13. The molecule has 0 aromatic heterocycles. The lowest BCUT2D eigenvalue weighted by Crippen LogP contribution is -2.09. The molecule has 0 atom stereocenters. The number of phenolic OH excluding ortho intramolecular Hbond substituents is 3. The maximum atomic E-state index is 12.0. The molecular weight excluding hydrogens is 260 g/mol. The molecular formula is C15H14O5. The van der Waals surface area contributed by atoms with E-state index in [-0.39, 0.29) is 5.56 Å². The number of carbonyl (C=O) groups excluding carboxylic acids is 1. The van der Waals surface area contributed by atoms with Crippen molar-refractivity contribution in [2.45, 2.75) is 13.8 Å². The smallest absolute Gasteiger partial charge is 0.343 e. The molecule has 3 N–H and O–H groups in total. The van der Waals surface area contributed by atoms with Crippen LogP contribution < -0.4 is 4.74 Å². The lowest BCUT2D eigenvalue weighted by molar-refractivity contribution is 0.0732. The zero-order chi connectivity index (χ0) is 14.9. The van der Waals surface area contributed by atoms with Crippen molar-refractivity contribution in [3.63, 3.8) is 0 Å². The van der Waals surface area contributed by atoms with E-state index in [1.807, 2.05) is 19.1 Å². The molecule has 0 radical (unpaired) electrons. The van der Waals surface area contributed by atoms with Crippen molar-refractivity contribution in [1.82, 2.24) is 0 Å². The summed E-state index contributed by atoms with van der Waals surface area (Å²) in [6.45, 7) is 3.67. The van der Waals surface area contributed by atoms with E-state index in [9.17, 15) is 20.1 Å². The summed E-state index contributed by atoms with van der Waals surface area (Å²) in [6, 6.07) is 7.49. The van der Waals surface area contributed by atoms with E-state index < -0.39 is 23.2 Å². The van der Waals surface area contributed by atoms with Crippen LogP contribution in [0.5, 0.6) is 23.0 Å². The lowest BCUT2D eigenvalue weighted by atomic mass is 10.1. The van der Waals surface area contributed by atoms with Crippen LogP contribution in [0.15, 0.2) is 30.3 Å². The zero-order valence-electron chi connectivity index (χ0n) is 11.0. The molecule has 0 saturated heterocycles. The van der Waals surface area contributed by atoms with Crippen LogP contribution in [0.25, 0.3) is 0 Å². The minimum atomic E-state index is -0.732. The molecule has 2 rings (SSSR count). The Balaban J connectivity index is 2.31. The fourth-order valence-corrected chi connectivity index (χ4v) is 1.70. The molecule has 5 heteroatoms. The summed E-state index contributed by atoms with van der Waals surface area (Å²) in [5, 5.41) is 28.0. The van der Waals surface area contributed by atoms with E-state index in [0.29, 0.717) is 5.75 Å². The first-order valence-electron chi connectivity index (χ1n) is 5.93. The Morgan fingerprint density at radius 1 is 1.00 bits per heavy atom. The van der Waals surface area contributed by atoms with E-state index in [1.165, 1.54) is 0 Å². The minimum Gasteiger partial charge on any atom is -0.504 e. The Bertz CT molecular complexity index is 653. The average Bonchev–Trinajstić information content (AvgIpc) is 2.39. The van der Waals surface area contributed by atoms with Gasteiger partial charge in [-0.3, -0.25) is 0 Å². The fourth-order valence-electron chi connectivity index (χ4n) is 1.70. The molecule has 0 saturated carbocycles. The molecule has 0 aliphatic rings. The van der Waals surface area contributed by atoms with E-state index in [2.05, 4.69) is 0 Å². The lowest BCUT2D eigenvalue weighted by Gasteiger charge is -2.09. The molecule has 104 valence electrons. The number of benzene rings is 2. The first-order chi connectivity index (χ1) is 9.38. The van der Waals surface area contributed by atoms with E-state index in [4.69, 9.17) is 4.74 Å². The van der Waals surface area contributed by atoms with E-state index >= 15 is 0 Å². The van der Waals surface area contributed by atoms with Gasteiger partial charge >= 0.3 is 5.97 Å². The van der Waals surface area contributed by atoms with Crippen LogP contribution in [0, 0.1) is 13.8 Å². The Kier molecular flexibility index (Phi) is 3.52. The highest BCUT2D eigenvalue weighted by molar-refractivity contribution is 5.92. The maximum absolute atomic E-state index is 12.0. The van der Waals surface area contributed by atoms with E-state index in [0.717, 1.165) is 23.3 Å². The van der Waals surface area contributed by atoms with Gasteiger partial charge in [-0.15, -0.1) is 0 Å². The number of rotatable bonds is 2. The Morgan fingerprint density at radius 2 is 1.60 bits per heavy atom. The number of esters is 1. The van der Waals surface area contributed by atoms with Gasteiger partial charge in [0.05, 0.1) is 5.56 Å². The van der Waals surface area contributed by atoms with Gasteiger partial charge in [-0.25, -0.2) is 4.79 Å². The highest BCUT2D eigenvalue weighted by Gasteiger charge is 2.16. The van der Waals surface area contributed by atoms with Gasteiger partial charge in [-0.05, 0) is 43.2 Å². The molecule has 0 heterocycles. The number of carbonyl (C=O) groups is 1. The van der Waals surface area contributed by atoms with Crippen LogP contribution in [0.1, 0.15) is 21.5 Å². The van der Waals surface area contributed by atoms with Crippen LogP contribution in [0.4, 0.5) is 0 Å². The zero-order valence-corrected chi connectivity index (χ0v) is 11.0. The Morgan fingerprint density at radius 3 is 2.20 bits per heavy atom. The minimum absolute atomic E-state index is 0.0568. The molecule has 2 aromatic rings. The highest BCUT2D eigenvalue weighted by atomic mass is 16.5. The molecule has 0 unspecified atom stereocenters. The molecule has 2 aromatic carbocycles. The number of ether oxygens (including phenoxy) is 1. The summed E-state index contributed by atoms with van der Waals surface area (Å²) in [4.78, 5) is 12.0. The Labute approximate surface area is 115 Å². The van der Waals surface area contributed by atoms with Crippen LogP contribution in [-0.2, 0) is 0 Å². The summed E-state index contributed by atoms with van der Waals surface area (Å²) in [6.07, 6.45) is 0. The summed E-state index contributed by atoms with van der Waals surface area (Å²) in [7, 11) is 0. The van der Waals surface area contributed by atoms with Crippen molar-refractivity contribution < 1.29 is 24.9 Å². The second-order valence-corrected chi connectivity index (χ2v) is 4.52. The van der Waals surface area contributed by atoms with Crippen molar-refractivity contribution in [3.05, 3.63) is 47.0 Å². The summed E-state index contributed by atoms with van der Waals surface area (Å²) in [5.41, 5.74) is 1.67. The van der Waals surface area contributed by atoms with E-state index in [1.54, 1.807) is 13.0 Å². The van der Waals surface area contributed by atoms with Gasteiger partial charge in [0.15, 0.2) is 17.2 Å². The molecule has 20 heavy (non-hydrogen) atoms. The van der Waals surface area contributed by atoms with Gasteiger partial charge in [-0.1, -0.05) is 12.1 Å². The molecule has 0 amide bonds. The first-order valence-corrected chi connectivity index (χ1v) is 5.93. The van der Waals surface area contributed by atoms with Gasteiger partial charge in [0, 0.05) is 0 Å². The molecule has 0 fully saturated rings. The van der Waals surface area contributed by atoms with Gasteiger partial charge in [0.25, 0.3) is 0 Å². The predicted octanol–water partition coefficient (Wildman–Crippen LogP) is 2.64. The molecule has 0 aliphatic carbocycles. The van der Waals surface area contributed by atoms with Crippen LogP contribution in [0.2, 0.25) is 0 Å². The Hall–Kier alpha value is -2.69.